The average molecular weight is 389 g/mol. The molecule has 1 amide bonds. The third-order valence-corrected chi connectivity index (χ3v) is 5.73. The quantitative estimate of drug-likeness (QED) is 0.778. The smallest absolute Gasteiger partial charge is 0.314 e. The van der Waals surface area contributed by atoms with Crippen molar-refractivity contribution in [2.24, 2.45) is 0 Å². The van der Waals surface area contributed by atoms with Gasteiger partial charge >= 0.3 is 5.97 Å². The summed E-state index contributed by atoms with van der Waals surface area (Å²) in [6.45, 7) is -0.0976. The fourth-order valence-electron chi connectivity index (χ4n) is 3.14. The fourth-order valence-corrected chi connectivity index (χ4v) is 3.77. The molecule has 0 bridgehead atoms. The molecule has 0 saturated carbocycles. The first-order chi connectivity index (χ1) is 12.7. The summed E-state index contributed by atoms with van der Waals surface area (Å²) in [6.07, 6.45) is -0.0628. The molecule has 8 heteroatoms. The minimum absolute atomic E-state index is 0.0976. The molecule has 1 heterocycles. The number of aliphatic hydroxyl groups is 1. The molecular formula is C19H19NO6S. The highest BCUT2D eigenvalue weighted by Gasteiger charge is 2.38. The van der Waals surface area contributed by atoms with Gasteiger partial charge in [-0.05, 0) is 23.8 Å². The number of amides is 1. The number of nitrogens with zero attached hydrogens (tertiary/aromatic N) is 1. The van der Waals surface area contributed by atoms with Crippen molar-refractivity contribution in [1.82, 2.24) is 4.90 Å². The first kappa shape index (κ1) is 19.1. The molecule has 2 aromatic rings. The molecular weight excluding hydrogens is 370 g/mol. The number of fused-ring (bicyclic) bond motifs is 1. The van der Waals surface area contributed by atoms with Crippen molar-refractivity contribution in [3.8, 4) is 0 Å². The van der Waals surface area contributed by atoms with Gasteiger partial charge in [-0.15, -0.1) is 0 Å². The molecule has 2 aromatic carbocycles. The van der Waals surface area contributed by atoms with Gasteiger partial charge in [0.15, 0.2) is 16.1 Å². The molecule has 0 aromatic heterocycles. The molecule has 1 aliphatic heterocycles. The van der Waals surface area contributed by atoms with Gasteiger partial charge in [0.25, 0.3) is 5.91 Å². The van der Waals surface area contributed by atoms with E-state index in [0.717, 1.165) is 6.26 Å². The minimum atomic E-state index is -3.37. The van der Waals surface area contributed by atoms with E-state index in [2.05, 4.69) is 0 Å². The summed E-state index contributed by atoms with van der Waals surface area (Å²) >= 11 is 0. The highest BCUT2D eigenvalue weighted by atomic mass is 32.2. The van der Waals surface area contributed by atoms with E-state index in [0.29, 0.717) is 16.7 Å². The molecule has 0 fully saturated rings. The summed E-state index contributed by atoms with van der Waals surface area (Å²) in [5, 5.41) is 10.5. The van der Waals surface area contributed by atoms with E-state index in [1.165, 1.54) is 36.3 Å². The van der Waals surface area contributed by atoms with Crippen LogP contribution in [0.15, 0.2) is 53.4 Å². The van der Waals surface area contributed by atoms with Crippen molar-refractivity contribution in [3.05, 3.63) is 65.2 Å². The minimum Gasteiger partial charge on any atom is -0.468 e. The zero-order valence-electron chi connectivity index (χ0n) is 14.8. The van der Waals surface area contributed by atoms with Crippen LogP contribution in [0, 0.1) is 0 Å². The SMILES string of the molecule is COC(=O)C(CN1C(=O)c2ccccc2C1O)c1ccc(S(C)(=O)=O)cc1. The molecule has 1 N–H and O–H groups in total. The van der Waals surface area contributed by atoms with Crippen molar-refractivity contribution < 1.29 is 27.9 Å². The van der Waals surface area contributed by atoms with Gasteiger partial charge in [0.05, 0.1) is 17.9 Å². The van der Waals surface area contributed by atoms with Gasteiger partial charge in [-0.3, -0.25) is 9.59 Å². The Morgan fingerprint density at radius 1 is 1.19 bits per heavy atom. The highest BCUT2D eigenvalue weighted by Crippen LogP contribution is 2.34. The van der Waals surface area contributed by atoms with Crippen LogP contribution in [-0.2, 0) is 19.4 Å². The topological polar surface area (TPSA) is 101 Å². The van der Waals surface area contributed by atoms with Crippen molar-refractivity contribution in [3.63, 3.8) is 0 Å². The number of methoxy groups -OCH3 is 1. The lowest BCUT2D eigenvalue weighted by Gasteiger charge is -2.25. The number of esters is 1. The van der Waals surface area contributed by atoms with Crippen molar-refractivity contribution >= 4 is 21.7 Å². The molecule has 2 unspecified atom stereocenters. The van der Waals surface area contributed by atoms with Crippen LogP contribution >= 0.6 is 0 Å². The predicted octanol–water partition coefficient (Wildman–Crippen LogP) is 1.49. The summed E-state index contributed by atoms with van der Waals surface area (Å²) < 4.78 is 28.1. The van der Waals surface area contributed by atoms with Gasteiger partial charge in [-0.25, -0.2) is 8.42 Å². The number of ether oxygens (including phenoxy) is 1. The molecule has 142 valence electrons. The summed E-state index contributed by atoms with van der Waals surface area (Å²) in [6, 6.07) is 12.5. The fraction of sp³-hybridized carbons (Fsp3) is 0.263. The maximum Gasteiger partial charge on any atom is 0.314 e. The van der Waals surface area contributed by atoms with Crippen LogP contribution in [0.5, 0.6) is 0 Å². The number of hydrogen-bond donors (Lipinski definition) is 1. The van der Waals surface area contributed by atoms with E-state index >= 15 is 0 Å². The maximum atomic E-state index is 12.6. The van der Waals surface area contributed by atoms with Crippen molar-refractivity contribution in [1.29, 1.82) is 0 Å². The zero-order valence-corrected chi connectivity index (χ0v) is 15.6. The van der Waals surface area contributed by atoms with E-state index < -0.39 is 28.0 Å². The van der Waals surface area contributed by atoms with Gasteiger partial charge in [0.1, 0.15) is 0 Å². The Kier molecular flexibility index (Phi) is 5.03. The largest absolute Gasteiger partial charge is 0.468 e. The second-order valence-corrected chi connectivity index (χ2v) is 8.35. The van der Waals surface area contributed by atoms with E-state index in [-0.39, 0.29) is 17.3 Å². The summed E-state index contributed by atoms with van der Waals surface area (Å²) in [4.78, 5) is 26.2. The number of carbonyl (C=O) groups excluding carboxylic acids is 2. The van der Waals surface area contributed by atoms with Gasteiger partial charge in [0.2, 0.25) is 0 Å². The number of hydrogen-bond acceptors (Lipinski definition) is 6. The molecule has 0 saturated heterocycles. The average Bonchev–Trinajstić information content (AvgIpc) is 2.89. The van der Waals surface area contributed by atoms with Crippen molar-refractivity contribution in [2.75, 3.05) is 19.9 Å². The van der Waals surface area contributed by atoms with E-state index in [1.807, 2.05) is 0 Å². The molecule has 1 aliphatic rings. The molecule has 0 radical (unpaired) electrons. The maximum absolute atomic E-state index is 12.6. The van der Waals surface area contributed by atoms with Gasteiger partial charge in [-0.1, -0.05) is 30.3 Å². The van der Waals surface area contributed by atoms with Gasteiger partial charge < -0.3 is 14.7 Å². The number of benzene rings is 2. The number of carbonyl (C=O) groups is 2. The lowest BCUT2D eigenvalue weighted by atomic mass is 9.98. The summed E-state index contributed by atoms with van der Waals surface area (Å²) in [7, 11) is -2.13. The van der Waals surface area contributed by atoms with Crippen LogP contribution in [-0.4, -0.2) is 50.2 Å². The Balaban J connectivity index is 1.91. The first-order valence-electron chi connectivity index (χ1n) is 8.20. The summed E-state index contributed by atoms with van der Waals surface area (Å²) in [5.74, 6) is -1.82. The van der Waals surface area contributed by atoms with Crippen LogP contribution in [0.4, 0.5) is 0 Å². The molecule has 7 nitrogen and oxygen atoms in total. The van der Waals surface area contributed by atoms with Gasteiger partial charge in [-0.2, -0.15) is 0 Å². The third kappa shape index (κ3) is 3.58. The Bertz CT molecular complexity index is 984. The standard InChI is InChI=1S/C19H19NO6S/c1-26-19(23)16(12-7-9-13(10-8-12)27(2,24)25)11-20-17(21)14-5-3-4-6-15(14)18(20)22/h3-10,16-17,21H,11H2,1-2H3. The lowest BCUT2D eigenvalue weighted by molar-refractivity contribution is -0.143. The first-order valence-corrected chi connectivity index (χ1v) is 10.1. The lowest BCUT2D eigenvalue weighted by Crippen LogP contribution is -2.35. The van der Waals surface area contributed by atoms with Gasteiger partial charge in [0, 0.05) is 23.9 Å². The Morgan fingerprint density at radius 2 is 1.81 bits per heavy atom. The third-order valence-electron chi connectivity index (χ3n) is 4.60. The Morgan fingerprint density at radius 3 is 2.37 bits per heavy atom. The predicted molar refractivity (Wildman–Crippen MR) is 96.7 cm³/mol. The zero-order chi connectivity index (χ0) is 19.8. The Hall–Kier alpha value is -2.71. The van der Waals surface area contributed by atoms with Crippen LogP contribution < -0.4 is 0 Å². The molecule has 2 atom stereocenters. The van der Waals surface area contributed by atoms with Crippen LogP contribution in [0.3, 0.4) is 0 Å². The molecule has 3 rings (SSSR count). The summed E-state index contributed by atoms with van der Waals surface area (Å²) in [5.41, 5.74) is 1.37. The highest BCUT2D eigenvalue weighted by molar-refractivity contribution is 7.90. The monoisotopic (exact) mass is 389 g/mol. The second-order valence-electron chi connectivity index (χ2n) is 6.34. The van der Waals surface area contributed by atoms with Crippen LogP contribution in [0.25, 0.3) is 0 Å². The normalized spacial score (nSPS) is 17.5. The molecule has 0 spiro atoms. The molecule has 27 heavy (non-hydrogen) atoms. The van der Waals surface area contributed by atoms with Crippen LogP contribution in [0.2, 0.25) is 0 Å². The number of rotatable bonds is 5. The number of aliphatic hydroxyl groups excluding tert-OH is 1. The van der Waals surface area contributed by atoms with E-state index in [9.17, 15) is 23.1 Å². The Labute approximate surface area is 157 Å². The van der Waals surface area contributed by atoms with Crippen molar-refractivity contribution in [2.45, 2.75) is 17.0 Å². The van der Waals surface area contributed by atoms with E-state index in [1.54, 1.807) is 24.3 Å². The van der Waals surface area contributed by atoms with E-state index in [4.69, 9.17) is 4.74 Å². The second kappa shape index (κ2) is 7.13. The number of sulfone groups is 1. The van der Waals surface area contributed by atoms with Crippen LogP contribution in [0.1, 0.15) is 33.6 Å². The molecule has 0 aliphatic carbocycles.